The molecule has 96 valence electrons. The first kappa shape index (κ1) is 13.2. The van der Waals surface area contributed by atoms with Gasteiger partial charge in [0, 0.05) is 31.3 Å². The number of methoxy groups -OCH3 is 1. The number of Topliss-reactive ketones (excluding diaryl/α,β-unsaturated/α-hetero) is 1. The largest absolute Gasteiger partial charge is 0.384 e. The second-order valence-corrected chi connectivity index (χ2v) is 5.65. The Labute approximate surface area is 112 Å². The standard InChI is InChI=1S/C15H18O2S/c1-11(9-17-2)7-13(16)8-12-10-18-15-6-4-3-5-14(12)15/h3-6,10-11H,7-9H2,1-2H3. The number of fused-ring (bicyclic) bond motifs is 1. The van der Waals surface area contributed by atoms with E-state index in [1.54, 1.807) is 18.4 Å². The number of hydrogen-bond donors (Lipinski definition) is 0. The fourth-order valence-corrected chi connectivity index (χ4v) is 3.15. The summed E-state index contributed by atoms with van der Waals surface area (Å²) in [7, 11) is 1.67. The number of hydrogen-bond acceptors (Lipinski definition) is 3. The molecule has 2 aromatic rings. The number of ether oxygens (including phenoxy) is 1. The normalized spacial score (nSPS) is 12.8. The van der Waals surface area contributed by atoms with Gasteiger partial charge >= 0.3 is 0 Å². The number of ketones is 1. The van der Waals surface area contributed by atoms with E-state index in [9.17, 15) is 4.79 Å². The maximum atomic E-state index is 12.0. The molecule has 1 heterocycles. The van der Waals surface area contributed by atoms with E-state index in [2.05, 4.69) is 17.5 Å². The van der Waals surface area contributed by atoms with Crippen LogP contribution >= 0.6 is 11.3 Å². The van der Waals surface area contributed by atoms with Crippen molar-refractivity contribution in [3.63, 3.8) is 0 Å². The monoisotopic (exact) mass is 262 g/mol. The molecular formula is C15H18O2S. The third kappa shape index (κ3) is 3.18. The van der Waals surface area contributed by atoms with E-state index in [-0.39, 0.29) is 0 Å². The quantitative estimate of drug-likeness (QED) is 0.793. The summed E-state index contributed by atoms with van der Waals surface area (Å²) >= 11 is 1.71. The third-order valence-electron chi connectivity index (χ3n) is 2.98. The minimum absolute atomic E-state index is 0.295. The van der Waals surface area contributed by atoms with Gasteiger partial charge in [0.25, 0.3) is 0 Å². The van der Waals surface area contributed by atoms with Crippen LogP contribution in [0, 0.1) is 5.92 Å². The van der Waals surface area contributed by atoms with E-state index in [1.807, 2.05) is 19.1 Å². The van der Waals surface area contributed by atoms with Gasteiger partial charge < -0.3 is 4.74 Å². The first-order valence-corrected chi connectivity index (χ1v) is 7.04. The van der Waals surface area contributed by atoms with Gasteiger partial charge in [-0.1, -0.05) is 25.1 Å². The van der Waals surface area contributed by atoms with E-state index in [4.69, 9.17) is 4.74 Å². The summed E-state index contributed by atoms with van der Waals surface area (Å²) in [6.07, 6.45) is 1.14. The van der Waals surface area contributed by atoms with Crippen LogP contribution in [0.25, 0.3) is 10.1 Å². The summed E-state index contributed by atoms with van der Waals surface area (Å²) in [6.45, 7) is 2.70. The van der Waals surface area contributed by atoms with Gasteiger partial charge in [-0.25, -0.2) is 0 Å². The van der Waals surface area contributed by atoms with E-state index in [1.165, 1.54) is 10.1 Å². The molecule has 0 aliphatic carbocycles. The Morgan fingerprint density at radius 2 is 2.17 bits per heavy atom. The van der Waals surface area contributed by atoms with Crippen LogP contribution in [0.2, 0.25) is 0 Å². The molecule has 0 radical (unpaired) electrons. The zero-order valence-corrected chi connectivity index (χ0v) is 11.6. The van der Waals surface area contributed by atoms with E-state index in [0.29, 0.717) is 31.1 Å². The average Bonchev–Trinajstić information content (AvgIpc) is 2.73. The van der Waals surface area contributed by atoms with Gasteiger partial charge in [0.15, 0.2) is 0 Å². The van der Waals surface area contributed by atoms with Gasteiger partial charge in [-0.2, -0.15) is 0 Å². The van der Waals surface area contributed by atoms with Gasteiger partial charge in [0.2, 0.25) is 0 Å². The van der Waals surface area contributed by atoms with Gasteiger partial charge in [-0.3, -0.25) is 4.79 Å². The zero-order valence-electron chi connectivity index (χ0n) is 10.8. The predicted molar refractivity (Wildman–Crippen MR) is 76.2 cm³/mol. The van der Waals surface area contributed by atoms with Gasteiger partial charge in [-0.15, -0.1) is 11.3 Å². The van der Waals surface area contributed by atoms with Crippen molar-refractivity contribution in [2.75, 3.05) is 13.7 Å². The van der Waals surface area contributed by atoms with E-state index in [0.717, 1.165) is 5.56 Å². The molecule has 2 rings (SSSR count). The van der Waals surface area contributed by atoms with E-state index < -0.39 is 0 Å². The average molecular weight is 262 g/mol. The highest BCUT2D eigenvalue weighted by Gasteiger charge is 2.12. The van der Waals surface area contributed by atoms with Crippen molar-refractivity contribution < 1.29 is 9.53 Å². The molecule has 0 saturated heterocycles. The predicted octanol–water partition coefficient (Wildman–Crippen LogP) is 3.69. The first-order chi connectivity index (χ1) is 8.70. The number of benzene rings is 1. The molecule has 1 atom stereocenters. The van der Waals surface area contributed by atoms with Crippen molar-refractivity contribution in [2.45, 2.75) is 19.8 Å². The van der Waals surface area contributed by atoms with Gasteiger partial charge in [0.1, 0.15) is 5.78 Å². The molecule has 3 heteroatoms. The van der Waals surface area contributed by atoms with Crippen LogP contribution in [0.1, 0.15) is 18.9 Å². The molecule has 18 heavy (non-hydrogen) atoms. The maximum Gasteiger partial charge on any atom is 0.137 e. The number of rotatable bonds is 6. The van der Waals surface area contributed by atoms with Gasteiger partial charge in [0.05, 0.1) is 0 Å². The summed E-state index contributed by atoms with van der Waals surface area (Å²) in [5, 5.41) is 3.32. The summed E-state index contributed by atoms with van der Waals surface area (Å²) < 4.78 is 6.31. The molecule has 2 nitrogen and oxygen atoms in total. The van der Waals surface area contributed by atoms with Crippen molar-refractivity contribution in [2.24, 2.45) is 5.92 Å². The van der Waals surface area contributed by atoms with Crippen LogP contribution in [0.5, 0.6) is 0 Å². The SMILES string of the molecule is COCC(C)CC(=O)Cc1csc2ccccc12. The molecule has 0 aliphatic rings. The Bertz CT molecular complexity index is 530. The fraction of sp³-hybridized carbons (Fsp3) is 0.400. The number of carbonyl (C=O) groups excluding carboxylic acids is 1. The molecule has 0 N–H and O–H groups in total. The summed E-state index contributed by atoms with van der Waals surface area (Å²) in [5.74, 6) is 0.593. The molecule has 0 aliphatic heterocycles. The first-order valence-electron chi connectivity index (χ1n) is 6.16. The van der Waals surface area contributed by atoms with Crippen molar-refractivity contribution >= 4 is 27.2 Å². The summed E-state index contributed by atoms with van der Waals surface area (Å²) in [5.41, 5.74) is 1.16. The third-order valence-corrected chi connectivity index (χ3v) is 3.99. The van der Waals surface area contributed by atoms with Crippen molar-refractivity contribution in [1.29, 1.82) is 0 Å². The Kier molecular flexibility index (Phi) is 4.50. The van der Waals surface area contributed by atoms with Crippen LogP contribution in [-0.2, 0) is 16.0 Å². The lowest BCUT2D eigenvalue weighted by molar-refractivity contribution is -0.119. The number of thiophene rings is 1. The fourth-order valence-electron chi connectivity index (χ4n) is 2.19. The second-order valence-electron chi connectivity index (χ2n) is 4.74. The highest BCUT2D eigenvalue weighted by Crippen LogP contribution is 2.26. The summed E-state index contributed by atoms with van der Waals surface area (Å²) in [6, 6.07) is 8.25. The van der Waals surface area contributed by atoms with E-state index >= 15 is 0 Å². The highest BCUT2D eigenvalue weighted by atomic mass is 32.1. The van der Waals surface area contributed by atoms with Crippen molar-refractivity contribution in [3.8, 4) is 0 Å². The van der Waals surface area contributed by atoms with Gasteiger partial charge in [-0.05, 0) is 28.3 Å². The molecule has 0 fully saturated rings. The van der Waals surface area contributed by atoms with Crippen LogP contribution in [0.15, 0.2) is 29.6 Å². The smallest absolute Gasteiger partial charge is 0.137 e. The topological polar surface area (TPSA) is 26.3 Å². The molecule has 0 bridgehead atoms. The minimum atomic E-state index is 0.295. The maximum absolute atomic E-state index is 12.0. The lowest BCUT2D eigenvalue weighted by Gasteiger charge is -2.08. The molecule has 1 unspecified atom stereocenters. The minimum Gasteiger partial charge on any atom is -0.384 e. The molecule has 0 amide bonds. The Morgan fingerprint density at radius 1 is 1.39 bits per heavy atom. The lowest BCUT2D eigenvalue weighted by Crippen LogP contribution is -2.12. The van der Waals surface area contributed by atoms with Crippen LogP contribution in [-0.4, -0.2) is 19.5 Å². The molecular weight excluding hydrogens is 244 g/mol. The Balaban J connectivity index is 2.03. The lowest BCUT2D eigenvalue weighted by atomic mass is 10.00. The molecule has 1 aromatic carbocycles. The van der Waals surface area contributed by atoms with Crippen LogP contribution in [0.3, 0.4) is 0 Å². The number of carbonyl (C=O) groups is 1. The Hall–Kier alpha value is -1.19. The summed E-state index contributed by atoms with van der Waals surface area (Å²) in [4.78, 5) is 12.0. The molecule has 0 saturated carbocycles. The van der Waals surface area contributed by atoms with Crippen molar-refractivity contribution in [3.05, 3.63) is 35.2 Å². The zero-order chi connectivity index (χ0) is 13.0. The van der Waals surface area contributed by atoms with Crippen LogP contribution in [0.4, 0.5) is 0 Å². The molecule has 0 spiro atoms. The van der Waals surface area contributed by atoms with Crippen LogP contribution < -0.4 is 0 Å². The van der Waals surface area contributed by atoms with Crippen molar-refractivity contribution in [1.82, 2.24) is 0 Å². The Morgan fingerprint density at radius 3 is 2.94 bits per heavy atom. The second kappa shape index (κ2) is 6.12. The molecule has 1 aromatic heterocycles. The highest BCUT2D eigenvalue weighted by molar-refractivity contribution is 7.17.